The highest BCUT2D eigenvalue weighted by atomic mass is 32.2. The zero-order valence-corrected chi connectivity index (χ0v) is 15.6. The molecule has 9 heteroatoms. The molecule has 0 saturated heterocycles. The van der Waals surface area contributed by atoms with Crippen molar-refractivity contribution in [2.24, 2.45) is 5.14 Å². The monoisotopic (exact) mass is 391 g/mol. The second kappa shape index (κ2) is 8.71. The van der Waals surface area contributed by atoms with Crippen LogP contribution in [-0.4, -0.2) is 27.2 Å². The summed E-state index contributed by atoms with van der Waals surface area (Å²) in [5, 5.41) is 16.5. The molecule has 0 aliphatic carbocycles. The lowest BCUT2D eigenvalue weighted by atomic mass is 10.2. The van der Waals surface area contributed by atoms with Gasteiger partial charge in [0.2, 0.25) is 15.9 Å². The van der Waals surface area contributed by atoms with Crippen LogP contribution in [0.15, 0.2) is 47.4 Å². The first-order chi connectivity index (χ1) is 12.3. The summed E-state index contributed by atoms with van der Waals surface area (Å²) in [6, 6.07) is 13.4. The van der Waals surface area contributed by atoms with Crippen molar-refractivity contribution < 1.29 is 17.9 Å². The largest absolute Gasteiger partial charge is 0.495 e. The van der Waals surface area contributed by atoms with Crippen molar-refractivity contribution in [2.45, 2.75) is 10.6 Å². The van der Waals surface area contributed by atoms with Crippen molar-refractivity contribution in [1.29, 1.82) is 5.26 Å². The Balaban J connectivity index is 1.94. The number of methoxy groups -OCH3 is 1. The van der Waals surface area contributed by atoms with Crippen molar-refractivity contribution in [3.8, 4) is 11.8 Å². The van der Waals surface area contributed by atoms with Gasteiger partial charge in [-0.1, -0.05) is 12.1 Å². The maximum atomic E-state index is 12.0. The number of nitrogens with one attached hydrogen (secondary N) is 1. The van der Waals surface area contributed by atoms with Gasteiger partial charge in [0.05, 0.1) is 24.5 Å². The molecule has 2 rings (SSSR count). The number of nitrogens with two attached hydrogens (primary N) is 1. The number of rotatable bonds is 7. The standard InChI is InChI=1S/C17H17N3O4S2/c1-24-15-7-6-14(8-16(15)26(19,22)23)20-17(21)11-25-10-13-4-2-12(9-18)3-5-13/h2-8H,10-11H2,1H3,(H,20,21)(H2,19,22,23). The topological polar surface area (TPSA) is 122 Å². The molecule has 0 heterocycles. The van der Waals surface area contributed by atoms with Gasteiger partial charge in [0.15, 0.2) is 0 Å². The number of thioether (sulfide) groups is 1. The molecule has 0 radical (unpaired) electrons. The third kappa shape index (κ3) is 5.49. The second-order valence-corrected chi connectivity index (χ2v) is 7.78. The van der Waals surface area contributed by atoms with Gasteiger partial charge < -0.3 is 10.1 Å². The fraction of sp³-hybridized carbons (Fsp3) is 0.176. The first kappa shape index (κ1) is 19.8. The van der Waals surface area contributed by atoms with Crippen LogP contribution in [0.3, 0.4) is 0 Å². The van der Waals surface area contributed by atoms with Crippen molar-refractivity contribution in [3.05, 3.63) is 53.6 Å². The molecule has 0 fully saturated rings. The van der Waals surface area contributed by atoms with E-state index >= 15 is 0 Å². The summed E-state index contributed by atoms with van der Waals surface area (Å²) < 4.78 is 28.1. The molecule has 0 aliphatic rings. The highest BCUT2D eigenvalue weighted by Gasteiger charge is 2.16. The van der Waals surface area contributed by atoms with Gasteiger partial charge >= 0.3 is 0 Å². The predicted molar refractivity (Wildman–Crippen MR) is 100 cm³/mol. The first-order valence-electron chi connectivity index (χ1n) is 7.41. The van der Waals surface area contributed by atoms with Gasteiger partial charge in [-0.3, -0.25) is 4.79 Å². The molecule has 0 bridgehead atoms. The number of primary sulfonamides is 1. The molecule has 0 aliphatic heterocycles. The Morgan fingerprint density at radius 2 is 1.96 bits per heavy atom. The van der Waals surface area contributed by atoms with Crippen LogP contribution in [0.25, 0.3) is 0 Å². The molecular formula is C17H17N3O4S2. The Hall–Kier alpha value is -2.54. The molecule has 0 unspecified atom stereocenters. The van der Waals surface area contributed by atoms with Gasteiger partial charge in [-0.05, 0) is 35.9 Å². The van der Waals surface area contributed by atoms with E-state index in [0.29, 0.717) is 17.0 Å². The number of nitriles is 1. The van der Waals surface area contributed by atoms with Gasteiger partial charge in [0, 0.05) is 11.4 Å². The smallest absolute Gasteiger partial charge is 0.241 e. The number of amides is 1. The number of carbonyl (C=O) groups excluding carboxylic acids is 1. The molecule has 2 aromatic carbocycles. The maximum absolute atomic E-state index is 12.0. The van der Waals surface area contributed by atoms with Crippen LogP contribution < -0.4 is 15.2 Å². The normalized spacial score (nSPS) is 10.8. The van der Waals surface area contributed by atoms with Crippen LogP contribution in [0.2, 0.25) is 0 Å². The summed E-state index contributed by atoms with van der Waals surface area (Å²) in [6.45, 7) is 0. The summed E-state index contributed by atoms with van der Waals surface area (Å²) in [5.74, 6) is 0.649. The van der Waals surface area contributed by atoms with E-state index in [-0.39, 0.29) is 22.3 Å². The fourth-order valence-corrected chi connectivity index (χ4v) is 3.62. The Labute approximate surface area is 156 Å². The lowest BCUT2D eigenvalue weighted by molar-refractivity contribution is -0.113. The molecule has 2 aromatic rings. The zero-order chi connectivity index (χ0) is 19.2. The number of sulfonamides is 1. The number of carbonyl (C=O) groups is 1. The van der Waals surface area contributed by atoms with Gasteiger partial charge in [0.1, 0.15) is 10.6 Å². The first-order valence-corrected chi connectivity index (χ1v) is 10.1. The summed E-state index contributed by atoms with van der Waals surface area (Å²) >= 11 is 1.40. The second-order valence-electron chi connectivity index (χ2n) is 5.26. The molecule has 136 valence electrons. The number of hydrogen-bond acceptors (Lipinski definition) is 6. The average molecular weight is 391 g/mol. The van der Waals surface area contributed by atoms with Crippen molar-refractivity contribution in [1.82, 2.24) is 0 Å². The number of anilines is 1. The van der Waals surface area contributed by atoms with Crippen LogP contribution in [0, 0.1) is 11.3 Å². The Morgan fingerprint density at radius 1 is 1.27 bits per heavy atom. The highest BCUT2D eigenvalue weighted by Crippen LogP contribution is 2.26. The molecule has 0 spiro atoms. The number of hydrogen-bond donors (Lipinski definition) is 2. The van der Waals surface area contributed by atoms with Crippen molar-refractivity contribution in [2.75, 3.05) is 18.2 Å². The minimum atomic E-state index is -3.97. The van der Waals surface area contributed by atoms with Crippen LogP contribution in [0.4, 0.5) is 5.69 Å². The van der Waals surface area contributed by atoms with Crippen LogP contribution in [0.1, 0.15) is 11.1 Å². The van der Waals surface area contributed by atoms with E-state index < -0.39 is 10.0 Å². The molecule has 0 saturated carbocycles. The van der Waals surface area contributed by atoms with Gasteiger partial charge in [-0.15, -0.1) is 11.8 Å². The summed E-state index contributed by atoms with van der Waals surface area (Å²) in [6.07, 6.45) is 0. The average Bonchev–Trinajstić information content (AvgIpc) is 2.61. The van der Waals surface area contributed by atoms with Gasteiger partial charge in [-0.25, -0.2) is 13.6 Å². The van der Waals surface area contributed by atoms with Crippen molar-refractivity contribution >= 4 is 33.4 Å². The zero-order valence-electron chi connectivity index (χ0n) is 13.9. The molecule has 0 aromatic heterocycles. The number of benzene rings is 2. The van der Waals surface area contributed by atoms with E-state index in [2.05, 4.69) is 5.32 Å². The third-order valence-corrected chi connectivity index (χ3v) is 5.27. The summed E-state index contributed by atoms with van der Waals surface area (Å²) in [5.41, 5.74) is 1.91. The highest BCUT2D eigenvalue weighted by molar-refractivity contribution is 7.99. The van der Waals surface area contributed by atoms with Gasteiger partial charge in [0.25, 0.3) is 0 Å². The van der Waals surface area contributed by atoms with E-state index in [0.717, 1.165) is 5.56 Å². The Kier molecular flexibility index (Phi) is 6.63. The van der Waals surface area contributed by atoms with Crippen LogP contribution in [0.5, 0.6) is 5.75 Å². The number of nitrogens with zero attached hydrogens (tertiary/aromatic N) is 1. The minimum absolute atomic E-state index is 0.112. The maximum Gasteiger partial charge on any atom is 0.241 e. The Morgan fingerprint density at radius 3 is 2.54 bits per heavy atom. The quantitative estimate of drug-likeness (QED) is 0.745. The SMILES string of the molecule is COc1ccc(NC(=O)CSCc2ccc(C#N)cc2)cc1S(N)(=O)=O. The molecule has 3 N–H and O–H groups in total. The Bertz CT molecular complexity index is 935. The number of ether oxygens (including phenoxy) is 1. The van der Waals surface area contributed by atoms with E-state index in [9.17, 15) is 13.2 Å². The minimum Gasteiger partial charge on any atom is -0.495 e. The van der Waals surface area contributed by atoms with Crippen molar-refractivity contribution in [3.63, 3.8) is 0 Å². The molecule has 1 amide bonds. The van der Waals surface area contributed by atoms with E-state index in [1.54, 1.807) is 12.1 Å². The summed E-state index contributed by atoms with van der Waals surface area (Å²) in [7, 11) is -2.63. The molecular weight excluding hydrogens is 374 g/mol. The lowest BCUT2D eigenvalue weighted by Gasteiger charge is -2.10. The molecule has 0 atom stereocenters. The van der Waals surface area contributed by atoms with E-state index in [1.807, 2.05) is 18.2 Å². The molecule has 7 nitrogen and oxygen atoms in total. The van der Waals surface area contributed by atoms with E-state index in [1.165, 1.54) is 37.1 Å². The fourth-order valence-electron chi connectivity index (χ4n) is 2.11. The van der Waals surface area contributed by atoms with Crippen LogP contribution in [-0.2, 0) is 20.6 Å². The van der Waals surface area contributed by atoms with Gasteiger partial charge in [-0.2, -0.15) is 5.26 Å². The lowest BCUT2D eigenvalue weighted by Crippen LogP contribution is -2.17. The third-order valence-electron chi connectivity index (χ3n) is 3.34. The predicted octanol–water partition coefficient (Wildman–Crippen LogP) is 2.09. The summed E-state index contributed by atoms with van der Waals surface area (Å²) in [4.78, 5) is 11.8. The van der Waals surface area contributed by atoms with Crippen LogP contribution >= 0.6 is 11.8 Å². The van der Waals surface area contributed by atoms with E-state index in [4.69, 9.17) is 15.1 Å². The molecule has 26 heavy (non-hydrogen) atoms.